The van der Waals surface area contributed by atoms with Gasteiger partial charge in [-0.15, -0.1) is 0 Å². The molecular formula is C10H18N4O. The normalized spacial score (nSPS) is 11.4. The Hall–Kier alpha value is -1.36. The SMILES string of the molecule is CCC(CC)(CO)Nc1nccnc1N. The van der Waals surface area contributed by atoms with Gasteiger partial charge in [-0.3, -0.25) is 0 Å². The number of rotatable bonds is 5. The average Bonchev–Trinajstić information content (AvgIpc) is 2.29. The van der Waals surface area contributed by atoms with E-state index in [1.807, 2.05) is 13.8 Å². The molecule has 1 aromatic rings. The molecule has 0 bridgehead atoms. The van der Waals surface area contributed by atoms with Crippen molar-refractivity contribution in [2.45, 2.75) is 32.2 Å². The third-order valence-corrected chi connectivity index (χ3v) is 2.77. The van der Waals surface area contributed by atoms with Crippen LogP contribution in [0.25, 0.3) is 0 Å². The van der Waals surface area contributed by atoms with Crippen molar-refractivity contribution in [3.63, 3.8) is 0 Å². The van der Waals surface area contributed by atoms with Gasteiger partial charge >= 0.3 is 0 Å². The fraction of sp³-hybridized carbons (Fsp3) is 0.600. The molecule has 0 amide bonds. The minimum absolute atomic E-state index is 0.0516. The highest BCUT2D eigenvalue weighted by molar-refractivity contribution is 5.56. The lowest BCUT2D eigenvalue weighted by molar-refractivity contribution is 0.202. The molecule has 0 aromatic carbocycles. The molecule has 0 radical (unpaired) electrons. The van der Waals surface area contributed by atoms with Gasteiger partial charge in [-0.25, -0.2) is 9.97 Å². The van der Waals surface area contributed by atoms with Crippen LogP contribution in [0, 0.1) is 0 Å². The molecule has 0 spiro atoms. The van der Waals surface area contributed by atoms with Gasteiger partial charge in [0.15, 0.2) is 11.6 Å². The molecule has 0 saturated heterocycles. The molecular weight excluding hydrogens is 192 g/mol. The standard InChI is InChI=1S/C10H18N4O/c1-3-10(4-2,7-15)14-9-8(11)12-5-6-13-9/h5-6,15H,3-4,7H2,1-2H3,(H2,11,12)(H,13,14). The number of aromatic nitrogens is 2. The molecule has 1 heterocycles. The van der Waals surface area contributed by atoms with Crippen LogP contribution in [0.5, 0.6) is 0 Å². The van der Waals surface area contributed by atoms with Gasteiger partial charge in [-0.1, -0.05) is 13.8 Å². The molecule has 0 aliphatic carbocycles. The topological polar surface area (TPSA) is 84.1 Å². The summed E-state index contributed by atoms with van der Waals surface area (Å²) in [5, 5.41) is 12.5. The van der Waals surface area contributed by atoms with Crippen molar-refractivity contribution in [3.8, 4) is 0 Å². The molecule has 1 rings (SSSR count). The molecule has 0 saturated carbocycles. The Morgan fingerprint density at radius 3 is 2.40 bits per heavy atom. The number of anilines is 2. The molecule has 5 heteroatoms. The monoisotopic (exact) mass is 210 g/mol. The number of nitrogens with zero attached hydrogens (tertiary/aromatic N) is 2. The fourth-order valence-electron chi connectivity index (χ4n) is 1.39. The van der Waals surface area contributed by atoms with E-state index < -0.39 is 0 Å². The van der Waals surface area contributed by atoms with E-state index >= 15 is 0 Å². The van der Waals surface area contributed by atoms with Crippen molar-refractivity contribution in [2.24, 2.45) is 0 Å². The van der Waals surface area contributed by atoms with Gasteiger partial charge in [0, 0.05) is 12.4 Å². The number of nitrogens with one attached hydrogen (secondary N) is 1. The molecule has 15 heavy (non-hydrogen) atoms. The zero-order valence-corrected chi connectivity index (χ0v) is 9.20. The second-order valence-electron chi connectivity index (χ2n) is 3.56. The third kappa shape index (κ3) is 2.56. The number of nitrogen functional groups attached to an aromatic ring is 1. The van der Waals surface area contributed by atoms with Crippen LogP contribution >= 0.6 is 0 Å². The first kappa shape index (κ1) is 11.7. The second kappa shape index (κ2) is 4.93. The first-order valence-corrected chi connectivity index (χ1v) is 5.13. The van der Waals surface area contributed by atoms with Gasteiger partial charge in [0.1, 0.15) is 0 Å². The Morgan fingerprint density at radius 1 is 1.33 bits per heavy atom. The van der Waals surface area contributed by atoms with E-state index in [9.17, 15) is 5.11 Å². The minimum Gasteiger partial charge on any atom is -0.394 e. The van der Waals surface area contributed by atoms with Crippen molar-refractivity contribution >= 4 is 11.6 Å². The van der Waals surface area contributed by atoms with Crippen LogP contribution in [0.4, 0.5) is 11.6 Å². The van der Waals surface area contributed by atoms with Gasteiger partial charge in [-0.05, 0) is 12.8 Å². The van der Waals surface area contributed by atoms with Crippen LogP contribution in [0.3, 0.4) is 0 Å². The van der Waals surface area contributed by atoms with Gasteiger partial charge in [-0.2, -0.15) is 0 Å². The Morgan fingerprint density at radius 2 is 1.93 bits per heavy atom. The first-order valence-electron chi connectivity index (χ1n) is 5.13. The number of aliphatic hydroxyl groups is 1. The summed E-state index contributed by atoms with van der Waals surface area (Å²) >= 11 is 0. The lowest BCUT2D eigenvalue weighted by atomic mass is 9.94. The van der Waals surface area contributed by atoms with E-state index in [1.165, 1.54) is 0 Å². The van der Waals surface area contributed by atoms with Crippen molar-refractivity contribution in [1.82, 2.24) is 9.97 Å². The van der Waals surface area contributed by atoms with Crippen LogP contribution in [-0.2, 0) is 0 Å². The summed E-state index contributed by atoms with van der Waals surface area (Å²) in [6, 6.07) is 0. The predicted octanol–water partition coefficient (Wildman–Crippen LogP) is 1.02. The molecule has 4 N–H and O–H groups in total. The van der Waals surface area contributed by atoms with Crippen molar-refractivity contribution in [2.75, 3.05) is 17.7 Å². The van der Waals surface area contributed by atoms with Crippen LogP contribution in [0.15, 0.2) is 12.4 Å². The lowest BCUT2D eigenvalue weighted by Crippen LogP contribution is -2.41. The maximum atomic E-state index is 9.38. The zero-order valence-electron chi connectivity index (χ0n) is 9.20. The van der Waals surface area contributed by atoms with Crippen LogP contribution in [-0.4, -0.2) is 27.2 Å². The molecule has 1 aromatic heterocycles. The number of hydrogen-bond donors (Lipinski definition) is 3. The summed E-state index contributed by atoms with van der Waals surface area (Å²) in [5.74, 6) is 0.896. The molecule has 0 aliphatic rings. The fourth-order valence-corrected chi connectivity index (χ4v) is 1.39. The van der Waals surface area contributed by atoms with Crippen LogP contribution in [0.2, 0.25) is 0 Å². The maximum Gasteiger partial charge on any atom is 0.169 e. The first-order chi connectivity index (χ1) is 7.17. The average molecular weight is 210 g/mol. The van der Waals surface area contributed by atoms with E-state index in [0.717, 1.165) is 12.8 Å². The quantitative estimate of drug-likeness (QED) is 0.675. The molecule has 0 unspecified atom stereocenters. The smallest absolute Gasteiger partial charge is 0.169 e. The third-order valence-electron chi connectivity index (χ3n) is 2.77. The summed E-state index contributed by atoms with van der Waals surface area (Å²) < 4.78 is 0. The van der Waals surface area contributed by atoms with E-state index in [0.29, 0.717) is 11.6 Å². The van der Waals surface area contributed by atoms with E-state index in [1.54, 1.807) is 12.4 Å². The van der Waals surface area contributed by atoms with Gasteiger partial charge in [0.2, 0.25) is 0 Å². The highest BCUT2D eigenvalue weighted by Gasteiger charge is 2.26. The lowest BCUT2D eigenvalue weighted by Gasteiger charge is -2.31. The molecule has 0 fully saturated rings. The van der Waals surface area contributed by atoms with E-state index in [2.05, 4.69) is 15.3 Å². The maximum absolute atomic E-state index is 9.38. The van der Waals surface area contributed by atoms with Crippen LogP contribution in [0.1, 0.15) is 26.7 Å². The van der Waals surface area contributed by atoms with Gasteiger partial charge in [0.05, 0.1) is 12.1 Å². The zero-order chi connectivity index (χ0) is 11.3. The van der Waals surface area contributed by atoms with Gasteiger partial charge < -0.3 is 16.2 Å². The van der Waals surface area contributed by atoms with Crippen molar-refractivity contribution in [1.29, 1.82) is 0 Å². The minimum atomic E-state index is -0.357. The summed E-state index contributed by atoms with van der Waals surface area (Å²) in [5.41, 5.74) is 5.32. The number of hydrogen-bond acceptors (Lipinski definition) is 5. The molecule has 84 valence electrons. The summed E-state index contributed by atoms with van der Waals surface area (Å²) in [7, 11) is 0. The summed E-state index contributed by atoms with van der Waals surface area (Å²) in [6.45, 7) is 4.08. The number of aliphatic hydroxyl groups excluding tert-OH is 1. The Balaban J connectivity index is 2.88. The highest BCUT2D eigenvalue weighted by atomic mass is 16.3. The molecule has 0 aliphatic heterocycles. The van der Waals surface area contributed by atoms with Gasteiger partial charge in [0.25, 0.3) is 0 Å². The highest BCUT2D eigenvalue weighted by Crippen LogP contribution is 2.22. The van der Waals surface area contributed by atoms with Crippen molar-refractivity contribution < 1.29 is 5.11 Å². The van der Waals surface area contributed by atoms with Crippen molar-refractivity contribution in [3.05, 3.63) is 12.4 Å². The number of nitrogens with two attached hydrogens (primary N) is 1. The van der Waals surface area contributed by atoms with E-state index in [4.69, 9.17) is 5.73 Å². The molecule has 5 nitrogen and oxygen atoms in total. The Kier molecular flexibility index (Phi) is 3.85. The largest absolute Gasteiger partial charge is 0.394 e. The Bertz CT molecular complexity index is 304. The Labute approximate surface area is 89.7 Å². The molecule has 0 atom stereocenters. The second-order valence-corrected chi connectivity index (χ2v) is 3.56. The predicted molar refractivity (Wildman–Crippen MR) is 60.5 cm³/mol. The summed E-state index contributed by atoms with van der Waals surface area (Å²) in [6.07, 6.45) is 4.72. The van der Waals surface area contributed by atoms with Crippen LogP contribution < -0.4 is 11.1 Å². The van der Waals surface area contributed by atoms with E-state index in [-0.39, 0.29) is 12.1 Å². The summed E-state index contributed by atoms with van der Waals surface area (Å²) in [4.78, 5) is 8.03.